The minimum atomic E-state index is -0.0972. The van der Waals surface area contributed by atoms with Gasteiger partial charge in [-0.2, -0.15) is 0 Å². The molecule has 0 aliphatic carbocycles. The molecule has 1 aromatic heterocycles. The van der Waals surface area contributed by atoms with Crippen LogP contribution in [0.5, 0.6) is 5.75 Å². The maximum atomic E-state index is 11.6. The summed E-state index contributed by atoms with van der Waals surface area (Å²) in [4.78, 5) is 16.4. The molecular weight excluding hydrogens is 350 g/mol. The van der Waals surface area contributed by atoms with Crippen molar-refractivity contribution in [3.8, 4) is 5.75 Å². The Morgan fingerprint density at radius 3 is 2.68 bits per heavy atom. The number of amides is 1. The van der Waals surface area contributed by atoms with Crippen LogP contribution in [0.15, 0.2) is 60.7 Å². The number of aromatic nitrogens is 2. The molecule has 0 saturated carbocycles. The second kappa shape index (κ2) is 9.22. The van der Waals surface area contributed by atoms with Crippen molar-refractivity contribution in [3.63, 3.8) is 0 Å². The Morgan fingerprint density at radius 1 is 1.18 bits per heavy atom. The smallest absolute Gasteiger partial charge is 0.246 e. The first-order valence-corrected chi connectivity index (χ1v) is 9.62. The van der Waals surface area contributed by atoms with E-state index in [1.165, 1.54) is 5.56 Å². The molecule has 1 heterocycles. The van der Waals surface area contributed by atoms with E-state index in [-0.39, 0.29) is 5.91 Å². The highest BCUT2D eigenvalue weighted by Crippen LogP contribution is 2.18. The van der Waals surface area contributed by atoms with Crippen LogP contribution in [0, 0.1) is 6.92 Å². The third-order valence-electron chi connectivity index (χ3n) is 4.59. The van der Waals surface area contributed by atoms with E-state index in [0.717, 1.165) is 42.0 Å². The van der Waals surface area contributed by atoms with E-state index in [1.54, 1.807) is 6.92 Å². The number of imidazole rings is 1. The SMILES string of the molecule is C=C(C)C(=O)NCCCc1nc2ccccc2n1CCOc1ccc(C)cc1. The zero-order valence-corrected chi connectivity index (χ0v) is 16.6. The van der Waals surface area contributed by atoms with Gasteiger partial charge in [-0.3, -0.25) is 4.79 Å². The molecule has 1 N–H and O–H groups in total. The van der Waals surface area contributed by atoms with Gasteiger partial charge >= 0.3 is 0 Å². The van der Waals surface area contributed by atoms with Crippen LogP contribution in [0.2, 0.25) is 0 Å². The fraction of sp³-hybridized carbons (Fsp3) is 0.304. The molecule has 3 rings (SSSR count). The van der Waals surface area contributed by atoms with E-state index in [9.17, 15) is 4.79 Å². The number of aryl methyl sites for hydroxylation is 2. The number of hydrogen-bond acceptors (Lipinski definition) is 3. The molecule has 0 fully saturated rings. The highest BCUT2D eigenvalue weighted by Gasteiger charge is 2.11. The highest BCUT2D eigenvalue weighted by atomic mass is 16.5. The maximum Gasteiger partial charge on any atom is 0.246 e. The monoisotopic (exact) mass is 377 g/mol. The minimum Gasteiger partial charge on any atom is -0.492 e. The molecule has 0 spiro atoms. The summed E-state index contributed by atoms with van der Waals surface area (Å²) in [5.74, 6) is 1.79. The quantitative estimate of drug-likeness (QED) is 0.452. The number of ether oxygens (including phenoxy) is 1. The highest BCUT2D eigenvalue weighted by molar-refractivity contribution is 5.92. The zero-order valence-electron chi connectivity index (χ0n) is 16.6. The zero-order chi connectivity index (χ0) is 19.9. The number of para-hydroxylation sites is 2. The number of carbonyl (C=O) groups excluding carboxylic acids is 1. The van der Waals surface area contributed by atoms with Gasteiger partial charge in [0, 0.05) is 18.5 Å². The van der Waals surface area contributed by atoms with E-state index < -0.39 is 0 Å². The molecule has 5 heteroatoms. The molecule has 0 atom stereocenters. The van der Waals surface area contributed by atoms with Gasteiger partial charge in [0.2, 0.25) is 5.91 Å². The fourth-order valence-electron chi connectivity index (χ4n) is 3.05. The van der Waals surface area contributed by atoms with Crippen molar-refractivity contribution in [2.75, 3.05) is 13.2 Å². The molecule has 0 bridgehead atoms. The summed E-state index contributed by atoms with van der Waals surface area (Å²) in [7, 11) is 0. The van der Waals surface area contributed by atoms with E-state index in [0.29, 0.717) is 18.7 Å². The van der Waals surface area contributed by atoms with Crippen molar-refractivity contribution in [1.82, 2.24) is 14.9 Å². The molecule has 3 aromatic rings. The van der Waals surface area contributed by atoms with Crippen LogP contribution in [0.3, 0.4) is 0 Å². The number of benzene rings is 2. The molecule has 0 saturated heterocycles. The van der Waals surface area contributed by atoms with Crippen LogP contribution in [0.4, 0.5) is 0 Å². The minimum absolute atomic E-state index is 0.0972. The predicted molar refractivity (Wildman–Crippen MR) is 113 cm³/mol. The van der Waals surface area contributed by atoms with Crippen molar-refractivity contribution in [1.29, 1.82) is 0 Å². The van der Waals surface area contributed by atoms with E-state index in [1.807, 2.05) is 42.5 Å². The molecule has 0 unspecified atom stereocenters. The Kier molecular flexibility index (Phi) is 6.48. The van der Waals surface area contributed by atoms with Crippen LogP contribution in [-0.2, 0) is 17.8 Å². The first kappa shape index (κ1) is 19.7. The maximum absolute atomic E-state index is 11.6. The Labute approximate surface area is 166 Å². The summed E-state index contributed by atoms with van der Waals surface area (Å²) < 4.78 is 8.12. The third kappa shape index (κ3) is 5.00. The lowest BCUT2D eigenvalue weighted by Gasteiger charge is -2.11. The third-order valence-corrected chi connectivity index (χ3v) is 4.59. The van der Waals surface area contributed by atoms with E-state index in [2.05, 4.69) is 29.5 Å². The van der Waals surface area contributed by atoms with Gasteiger partial charge in [-0.25, -0.2) is 4.98 Å². The summed E-state index contributed by atoms with van der Waals surface area (Å²) >= 11 is 0. The van der Waals surface area contributed by atoms with Gasteiger partial charge in [0.15, 0.2) is 0 Å². The van der Waals surface area contributed by atoms with E-state index >= 15 is 0 Å². The van der Waals surface area contributed by atoms with Gasteiger partial charge in [-0.1, -0.05) is 36.4 Å². The molecule has 0 radical (unpaired) electrons. The second-order valence-corrected chi connectivity index (χ2v) is 6.97. The summed E-state index contributed by atoms with van der Waals surface area (Å²) in [6.07, 6.45) is 1.61. The Bertz CT molecular complexity index is 958. The summed E-state index contributed by atoms with van der Waals surface area (Å²) in [6.45, 7) is 9.33. The van der Waals surface area contributed by atoms with Crippen molar-refractivity contribution in [2.45, 2.75) is 33.2 Å². The van der Waals surface area contributed by atoms with Crippen molar-refractivity contribution in [3.05, 3.63) is 72.1 Å². The van der Waals surface area contributed by atoms with Gasteiger partial charge in [0.25, 0.3) is 0 Å². The first-order valence-electron chi connectivity index (χ1n) is 9.62. The summed E-state index contributed by atoms with van der Waals surface area (Å²) in [5, 5.41) is 2.87. The van der Waals surface area contributed by atoms with Gasteiger partial charge in [-0.15, -0.1) is 0 Å². The van der Waals surface area contributed by atoms with Crippen molar-refractivity contribution in [2.24, 2.45) is 0 Å². The van der Waals surface area contributed by atoms with Crippen LogP contribution in [0.25, 0.3) is 11.0 Å². The number of nitrogens with zero attached hydrogens (tertiary/aromatic N) is 2. The average molecular weight is 377 g/mol. The standard InChI is InChI=1S/C23H27N3O2/c1-17(2)23(27)24-14-6-9-22-25-20-7-4-5-8-21(20)26(22)15-16-28-19-12-10-18(3)11-13-19/h4-5,7-8,10-13H,1,6,9,14-16H2,2-3H3,(H,24,27). The van der Waals surface area contributed by atoms with Crippen LogP contribution in [-0.4, -0.2) is 28.6 Å². The van der Waals surface area contributed by atoms with Crippen LogP contribution >= 0.6 is 0 Å². The van der Waals surface area contributed by atoms with E-state index in [4.69, 9.17) is 9.72 Å². The molecule has 2 aromatic carbocycles. The van der Waals surface area contributed by atoms with Gasteiger partial charge in [0.1, 0.15) is 18.2 Å². The van der Waals surface area contributed by atoms with Gasteiger partial charge in [0.05, 0.1) is 17.6 Å². The summed E-state index contributed by atoms with van der Waals surface area (Å²) in [6, 6.07) is 16.2. The molecule has 146 valence electrons. The largest absolute Gasteiger partial charge is 0.492 e. The lowest BCUT2D eigenvalue weighted by molar-refractivity contribution is -0.117. The number of nitrogens with one attached hydrogen (secondary N) is 1. The molecule has 5 nitrogen and oxygen atoms in total. The van der Waals surface area contributed by atoms with Gasteiger partial charge in [-0.05, 0) is 44.5 Å². The molecule has 0 aliphatic rings. The second-order valence-electron chi connectivity index (χ2n) is 6.97. The number of carbonyl (C=O) groups is 1. The van der Waals surface area contributed by atoms with Gasteiger partial charge < -0.3 is 14.6 Å². The Hall–Kier alpha value is -3.08. The number of hydrogen-bond donors (Lipinski definition) is 1. The molecule has 0 aliphatic heterocycles. The molecular formula is C23H27N3O2. The first-order chi connectivity index (χ1) is 13.5. The average Bonchev–Trinajstić information content (AvgIpc) is 3.04. The Balaban J connectivity index is 1.64. The normalized spacial score (nSPS) is 10.8. The predicted octanol–water partition coefficient (Wildman–Crippen LogP) is 4.05. The topological polar surface area (TPSA) is 56.2 Å². The lowest BCUT2D eigenvalue weighted by Crippen LogP contribution is -2.25. The van der Waals surface area contributed by atoms with Crippen LogP contribution in [0.1, 0.15) is 24.7 Å². The van der Waals surface area contributed by atoms with Crippen molar-refractivity contribution < 1.29 is 9.53 Å². The van der Waals surface area contributed by atoms with Crippen molar-refractivity contribution >= 4 is 16.9 Å². The Morgan fingerprint density at radius 2 is 1.93 bits per heavy atom. The van der Waals surface area contributed by atoms with Crippen LogP contribution < -0.4 is 10.1 Å². The fourth-order valence-corrected chi connectivity index (χ4v) is 3.05. The number of fused-ring (bicyclic) bond motifs is 1. The lowest BCUT2D eigenvalue weighted by atomic mass is 10.2. The summed E-state index contributed by atoms with van der Waals surface area (Å²) in [5.41, 5.74) is 3.84. The molecule has 28 heavy (non-hydrogen) atoms. The number of rotatable bonds is 9. The molecule has 1 amide bonds.